The second kappa shape index (κ2) is 5.51. The van der Waals surface area contributed by atoms with E-state index in [2.05, 4.69) is 51.4 Å². The number of aromatic nitrogens is 7. The fraction of sp³-hybridized carbons (Fsp3) is 0.353. The minimum absolute atomic E-state index is 0.145. The quantitative estimate of drug-likeness (QED) is 0.619. The van der Waals surface area contributed by atoms with E-state index in [9.17, 15) is 0 Å². The van der Waals surface area contributed by atoms with E-state index >= 15 is 0 Å². The molecule has 128 valence electrons. The topological polar surface area (TPSA) is 85.8 Å². The molecule has 0 saturated heterocycles. The summed E-state index contributed by atoms with van der Waals surface area (Å²) in [5.74, 6) is 1.57. The SMILES string of the molecule is Cc1ccc2nnc(CNc3ncnc4c3cnn4C(C)(C)C)n2c1. The van der Waals surface area contributed by atoms with Gasteiger partial charge in [-0.15, -0.1) is 10.2 Å². The zero-order valence-corrected chi connectivity index (χ0v) is 14.7. The third kappa shape index (κ3) is 2.69. The van der Waals surface area contributed by atoms with E-state index in [-0.39, 0.29) is 5.54 Å². The number of anilines is 1. The molecule has 4 rings (SSSR count). The van der Waals surface area contributed by atoms with E-state index in [0.29, 0.717) is 6.54 Å². The lowest BCUT2D eigenvalue weighted by Gasteiger charge is -2.19. The van der Waals surface area contributed by atoms with Crippen molar-refractivity contribution in [3.05, 3.63) is 42.2 Å². The number of rotatable bonds is 3. The van der Waals surface area contributed by atoms with Crippen molar-refractivity contribution in [2.45, 2.75) is 39.8 Å². The molecule has 25 heavy (non-hydrogen) atoms. The molecule has 0 aromatic carbocycles. The van der Waals surface area contributed by atoms with Crippen LogP contribution < -0.4 is 5.32 Å². The van der Waals surface area contributed by atoms with Gasteiger partial charge in [0.25, 0.3) is 0 Å². The van der Waals surface area contributed by atoms with Gasteiger partial charge >= 0.3 is 0 Å². The Morgan fingerprint density at radius 3 is 2.76 bits per heavy atom. The van der Waals surface area contributed by atoms with Gasteiger partial charge in [-0.3, -0.25) is 4.40 Å². The molecule has 8 nitrogen and oxygen atoms in total. The van der Waals surface area contributed by atoms with Gasteiger partial charge in [0, 0.05) is 6.20 Å². The van der Waals surface area contributed by atoms with Crippen LogP contribution in [0, 0.1) is 6.92 Å². The summed E-state index contributed by atoms with van der Waals surface area (Å²) in [5, 5.41) is 17.2. The Hall–Kier alpha value is -3.03. The summed E-state index contributed by atoms with van der Waals surface area (Å²) >= 11 is 0. The van der Waals surface area contributed by atoms with Gasteiger partial charge < -0.3 is 5.32 Å². The average Bonchev–Trinajstić information content (AvgIpc) is 3.16. The number of fused-ring (bicyclic) bond motifs is 2. The molecule has 1 N–H and O–H groups in total. The third-order valence-corrected chi connectivity index (χ3v) is 4.04. The highest BCUT2D eigenvalue weighted by Crippen LogP contribution is 2.24. The summed E-state index contributed by atoms with van der Waals surface area (Å²) < 4.78 is 3.89. The summed E-state index contributed by atoms with van der Waals surface area (Å²) in [5.41, 5.74) is 2.65. The Kier molecular flexibility index (Phi) is 3.41. The van der Waals surface area contributed by atoms with Crippen LogP contribution in [0.5, 0.6) is 0 Å². The van der Waals surface area contributed by atoms with E-state index in [1.54, 1.807) is 12.5 Å². The van der Waals surface area contributed by atoms with Gasteiger partial charge in [-0.1, -0.05) is 6.07 Å². The first-order valence-electron chi connectivity index (χ1n) is 8.17. The van der Waals surface area contributed by atoms with Crippen molar-refractivity contribution in [1.29, 1.82) is 0 Å². The van der Waals surface area contributed by atoms with Crippen LogP contribution in [0.4, 0.5) is 5.82 Å². The first-order chi connectivity index (χ1) is 11.9. The zero-order valence-electron chi connectivity index (χ0n) is 14.7. The Morgan fingerprint density at radius 2 is 1.96 bits per heavy atom. The van der Waals surface area contributed by atoms with E-state index in [4.69, 9.17) is 0 Å². The number of nitrogens with one attached hydrogen (secondary N) is 1. The van der Waals surface area contributed by atoms with Crippen molar-refractivity contribution in [2.24, 2.45) is 0 Å². The van der Waals surface area contributed by atoms with Crippen molar-refractivity contribution < 1.29 is 0 Å². The average molecular weight is 336 g/mol. The summed E-state index contributed by atoms with van der Waals surface area (Å²) in [6.45, 7) is 8.85. The van der Waals surface area contributed by atoms with Crippen LogP contribution in [0.2, 0.25) is 0 Å². The predicted molar refractivity (Wildman–Crippen MR) is 95.4 cm³/mol. The molecule has 0 amide bonds. The molecule has 0 radical (unpaired) electrons. The van der Waals surface area contributed by atoms with Crippen LogP contribution in [0.3, 0.4) is 0 Å². The van der Waals surface area contributed by atoms with Gasteiger partial charge in [0.1, 0.15) is 12.1 Å². The Labute approximate surface area is 144 Å². The first kappa shape index (κ1) is 15.5. The summed E-state index contributed by atoms with van der Waals surface area (Å²) in [6.07, 6.45) is 5.38. The normalized spacial score (nSPS) is 12.2. The van der Waals surface area contributed by atoms with E-state index in [1.165, 1.54) is 0 Å². The molecule has 4 heterocycles. The summed E-state index contributed by atoms with van der Waals surface area (Å²) in [4.78, 5) is 8.76. The smallest absolute Gasteiger partial charge is 0.163 e. The van der Waals surface area contributed by atoms with Crippen molar-refractivity contribution in [3.8, 4) is 0 Å². The highest BCUT2D eigenvalue weighted by atomic mass is 15.3. The lowest BCUT2D eigenvalue weighted by Crippen LogP contribution is -2.23. The van der Waals surface area contributed by atoms with Crippen LogP contribution in [0.15, 0.2) is 30.9 Å². The van der Waals surface area contributed by atoms with E-state index < -0.39 is 0 Å². The minimum atomic E-state index is -0.145. The highest BCUT2D eigenvalue weighted by Gasteiger charge is 2.19. The Balaban J connectivity index is 1.67. The maximum Gasteiger partial charge on any atom is 0.163 e. The maximum absolute atomic E-state index is 4.47. The highest BCUT2D eigenvalue weighted by molar-refractivity contribution is 5.86. The molecular formula is C17H20N8. The van der Waals surface area contributed by atoms with Crippen LogP contribution in [0.25, 0.3) is 16.7 Å². The summed E-state index contributed by atoms with van der Waals surface area (Å²) in [6, 6.07) is 3.98. The number of pyridine rings is 1. The predicted octanol–water partition coefficient (Wildman–Crippen LogP) is 2.54. The lowest BCUT2D eigenvalue weighted by molar-refractivity contribution is 0.366. The first-order valence-corrected chi connectivity index (χ1v) is 8.17. The van der Waals surface area contributed by atoms with Gasteiger partial charge in [-0.25, -0.2) is 14.6 Å². The Bertz CT molecular complexity index is 1050. The molecule has 0 atom stereocenters. The van der Waals surface area contributed by atoms with Gasteiger partial charge in [0.05, 0.1) is 23.7 Å². The molecule has 0 aliphatic carbocycles. The van der Waals surface area contributed by atoms with E-state index in [1.807, 2.05) is 34.3 Å². The number of hydrogen-bond acceptors (Lipinski definition) is 6. The van der Waals surface area contributed by atoms with Crippen molar-refractivity contribution >= 4 is 22.5 Å². The molecular weight excluding hydrogens is 316 g/mol. The number of hydrogen-bond donors (Lipinski definition) is 1. The Morgan fingerprint density at radius 1 is 1.12 bits per heavy atom. The summed E-state index contributed by atoms with van der Waals surface area (Å²) in [7, 11) is 0. The molecule has 4 aromatic rings. The largest absolute Gasteiger partial charge is 0.362 e. The molecule has 4 aromatic heterocycles. The fourth-order valence-corrected chi connectivity index (χ4v) is 2.80. The molecule has 0 unspecified atom stereocenters. The third-order valence-electron chi connectivity index (χ3n) is 4.04. The molecule has 0 saturated carbocycles. The van der Waals surface area contributed by atoms with Crippen LogP contribution >= 0.6 is 0 Å². The number of nitrogens with zero attached hydrogens (tertiary/aromatic N) is 7. The van der Waals surface area contributed by atoms with E-state index in [0.717, 1.165) is 33.9 Å². The van der Waals surface area contributed by atoms with Crippen LogP contribution in [-0.4, -0.2) is 34.3 Å². The standard InChI is InChI=1S/C17H20N8/c1-11-5-6-13-22-23-14(24(13)9-11)8-18-15-12-7-21-25(17(2,3)4)16(12)20-10-19-15/h5-7,9-10H,8H2,1-4H3,(H,18,19,20). The second-order valence-corrected chi connectivity index (χ2v) is 7.09. The lowest BCUT2D eigenvalue weighted by atomic mass is 10.1. The van der Waals surface area contributed by atoms with Crippen molar-refractivity contribution in [2.75, 3.05) is 5.32 Å². The molecule has 0 bridgehead atoms. The van der Waals surface area contributed by atoms with Gasteiger partial charge in [0.15, 0.2) is 17.1 Å². The molecule has 0 aliphatic heterocycles. The van der Waals surface area contributed by atoms with Crippen LogP contribution in [0.1, 0.15) is 32.2 Å². The van der Waals surface area contributed by atoms with Crippen LogP contribution in [-0.2, 0) is 12.1 Å². The second-order valence-electron chi connectivity index (χ2n) is 7.09. The minimum Gasteiger partial charge on any atom is -0.362 e. The van der Waals surface area contributed by atoms with Crippen molar-refractivity contribution in [3.63, 3.8) is 0 Å². The molecule has 0 aliphatic rings. The molecule has 8 heteroatoms. The fourth-order valence-electron chi connectivity index (χ4n) is 2.80. The van der Waals surface area contributed by atoms with Gasteiger partial charge in [-0.2, -0.15) is 5.10 Å². The van der Waals surface area contributed by atoms with Gasteiger partial charge in [0.2, 0.25) is 0 Å². The number of aryl methyl sites for hydroxylation is 1. The zero-order chi connectivity index (χ0) is 17.6. The van der Waals surface area contributed by atoms with Gasteiger partial charge in [-0.05, 0) is 39.3 Å². The molecule has 0 spiro atoms. The van der Waals surface area contributed by atoms with Crippen molar-refractivity contribution in [1.82, 2.24) is 34.3 Å². The monoisotopic (exact) mass is 336 g/mol. The maximum atomic E-state index is 4.47. The molecule has 0 fully saturated rings.